The fraction of sp³-hybridized carbons (Fsp3) is 0.292. The van der Waals surface area contributed by atoms with E-state index in [0.29, 0.717) is 42.9 Å². The number of carbonyl (C=O) groups excluding carboxylic acids is 1. The number of allylic oxidation sites excluding steroid dienone is 1. The second-order valence-electron chi connectivity index (χ2n) is 7.92. The lowest BCUT2D eigenvalue weighted by atomic mass is 9.90. The number of fused-ring (bicyclic) bond motifs is 1. The lowest BCUT2D eigenvalue weighted by Gasteiger charge is -2.38. The molecule has 1 fully saturated rings. The van der Waals surface area contributed by atoms with Gasteiger partial charge in [-0.3, -0.25) is 4.79 Å². The van der Waals surface area contributed by atoms with E-state index in [4.69, 9.17) is 0 Å². The predicted molar refractivity (Wildman–Crippen MR) is 113 cm³/mol. The van der Waals surface area contributed by atoms with Crippen molar-refractivity contribution < 1.29 is 27.9 Å². The molecular weight excluding hydrogens is 421 g/mol. The second kappa shape index (κ2) is 8.20. The number of aromatic carboxylic acids is 1. The first kappa shape index (κ1) is 21.7. The smallest absolute Gasteiger partial charge is 0.416 e. The monoisotopic (exact) mass is 442 g/mol. The van der Waals surface area contributed by atoms with E-state index in [1.807, 2.05) is 0 Å². The third-order valence-corrected chi connectivity index (χ3v) is 5.89. The van der Waals surface area contributed by atoms with Gasteiger partial charge in [-0.1, -0.05) is 11.8 Å². The van der Waals surface area contributed by atoms with Crippen molar-refractivity contribution in [2.45, 2.75) is 25.9 Å². The Morgan fingerprint density at radius 3 is 2.44 bits per heavy atom. The van der Waals surface area contributed by atoms with E-state index in [2.05, 4.69) is 5.73 Å². The first-order valence-electron chi connectivity index (χ1n) is 10.2. The SMILES string of the molecule is CC(=O)N1CCC(C2=C=Cc3cc(C(F)(F)F)ccc3N2c2cccc(C(=O)O)c2)CC1. The number of benzene rings is 2. The Labute approximate surface area is 183 Å². The normalized spacial score (nSPS) is 16.6. The van der Waals surface area contributed by atoms with Gasteiger partial charge < -0.3 is 14.9 Å². The van der Waals surface area contributed by atoms with Gasteiger partial charge in [-0.05, 0) is 55.3 Å². The Balaban J connectivity index is 1.80. The van der Waals surface area contributed by atoms with Crippen LogP contribution in [-0.2, 0) is 11.0 Å². The van der Waals surface area contributed by atoms with Crippen LogP contribution in [0.4, 0.5) is 24.5 Å². The minimum atomic E-state index is -4.47. The number of rotatable bonds is 3. The molecule has 0 radical (unpaired) electrons. The third-order valence-electron chi connectivity index (χ3n) is 5.89. The van der Waals surface area contributed by atoms with Crippen LogP contribution < -0.4 is 4.90 Å². The van der Waals surface area contributed by atoms with Crippen LogP contribution in [0.3, 0.4) is 0 Å². The summed E-state index contributed by atoms with van der Waals surface area (Å²) >= 11 is 0. The zero-order valence-electron chi connectivity index (χ0n) is 17.3. The average molecular weight is 442 g/mol. The van der Waals surface area contributed by atoms with E-state index >= 15 is 0 Å². The van der Waals surface area contributed by atoms with E-state index in [9.17, 15) is 27.9 Å². The molecule has 5 nitrogen and oxygen atoms in total. The highest BCUT2D eigenvalue weighted by atomic mass is 19.4. The number of anilines is 2. The molecule has 0 aliphatic carbocycles. The first-order valence-corrected chi connectivity index (χ1v) is 10.2. The largest absolute Gasteiger partial charge is 0.478 e. The summed E-state index contributed by atoms with van der Waals surface area (Å²) in [5.74, 6) is -1.06. The third kappa shape index (κ3) is 4.14. The molecule has 0 unspecified atom stereocenters. The molecule has 0 saturated carbocycles. The van der Waals surface area contributed by atoms with Crippen molar-refractivity contribution in [2.75, 3.05) is 18.0 Å². The van der Waals surface area contributed by atoms with Crippen molar-refractivity contribution in [3.05, 3.63) is 70.6 Å². The molecule has 0 aromatic heterocycles. The lowest BCUT2D eigenvalue weighted by molar-refractivity contribution is -0.137. The van der Waals surface area contributed by atoms with Gasteiger partial charge in [0.2, 0.25) is 5.91 Å². The zero-order valence-corrected chi connectivity index (χ0v) is 17.3. The van der Waals surface area contributed by atoms with Gasteiger partial charge in [-0.25, -0.2) is 4.79 Å². The number of carboxylic acid groups (broad SMARTS) is 1. The number of carbonyl (C=O) groups is 2. The molecular formula is C24H21F3N2O3. The molecule has 166 valence electrons. The number of hydrogen-bond donors (Lipinski definition) is 1. The summed E-state index contributed by atoms with van der Waals surface area (Å²) < 4.78 is 39.7. The summed E-state index contributed by atoms with van der Waals surface area (Å²) in [6.07, 6.45) is -1.56. The number of amides is 1. The van der Waals surface area contributed by atoms with Gasteiger partial charge in [-0.15, -0.1) is 0 Å². The van der Waals surface area contributed by atoms with E-state index < -0.39 is 17.7 Å². The molecule has 4 rings (SSSR count). The van der Waals surface area contributed by atoms with Gasteiger partial charge in [0.1, 0.15) is 0 Å². The lowest BCUT2D eigenvalue weighted by Crippen LogP contribution is -2.39. The highest BCUT2D eigenvalue weighted by Gasteiger charge is 2.34. The topological polar surface area (TPSA) is 60.9 Å². The van der Waals surface area contributed by atoms with Crippen LogP contribution in [0, 0.1) is 5.92 Å². The van der Waals surface area contributed by atoms with Crippen LogP contribution in [0.5, 0.6) is 0 Å². The molecule has 1 saturated heterocycles. The summed E-state index contributed by atoms with van der Waals surface area (Å²) in [5.41, 5.74) is 4.66. The molecule has 0 bridgehead atoms. The second-order valence-corrected chi connectivity index (χ2v) is 7.92. The maximum absolute atomic E-state index is 13.2. The van der Waals surface area contributed by atoms with E-state index in [1.54, 1.807) is 28.0 Å². The Hall–Kier alpha value is -3.51. The van der Waals surface area contributed by atoms with Crippen molar-refractivity contribution in [2.24, 2.45) is 5.92 Å². The molecule has 2 heterocycles. The minimum Gasteiger partial charge on any atom is -0.478 e. The van der Waals surface area contributed by atoms with Crippen molar-refractivity contribution in [1.82, 2.24) is 4.90 Å². The molecule has 2 aliphatic heterocycles. The van der Waals surface area contributed by atoms with E-state index in [0.717, 1.165) is 17.8 Å². The van der Waals surface area contributed by atoms with Crippen LogP contribution in [0.25, 0.3) is 6.08 Å². The van der Waals surface area contributed by atoms with Crippen molar-refractivity contribution in [1.29, 1.82) is 0 Å². The fourth-order valence-electron chi connectivity index (χ4n) is 4.22. The Morgan fingerprint density at radius 2 is 1.81 bits per heavy atom. The van der Waals surface area contributed by atoms with Crippen LogP contribution >= 0.6 is 0 Å². The standard InChI is InChI=1S/C24H21F3N2O3/c1-15(30)28-11-9-16(10-12-28)21-7-5-17-13-19(24(25,26)27)6-8-22(17)29(21)20-4-2-3-18(14-20)23(31)32/h2-6,8,13-14,16H,9-12H2,1H3,(H,31,32). The highest BCUT2D eigenvalue weighted by Crippen LogP contribution is 2.42. The highest BCUT2D eigenvalue weighted by molar-refractivity contribution is 5.90. The number of carboxylic acids is 1. The molecule has 0 atom stereocenters. The predicted octanol–water partition coefficient (Wildman–Crippen LogP) is 5.31. The first-order chi connectivity index (χ1) is 15.1. The molecule has 2 aromatic carbocycles. The summed E-state index contributed by atoms with van der Waals surface area (Å²) in [7, 11) is 0. The minimum absolute atomic E-state index is 0.00709. The van der Waals surface area contributed by atoms with E-state index in [1.165, 1.54) is 25.1 Å². The summed E-state index contributed by atoms with van der Waals surface area (Å²) in [6.45, 7) is 2.68. The molecule has 32 heavy (non-hydrogen) atoms. The molecule has 2 aliphatic rings. The Morgan fingerprint density at radius 1 is 1.09 bits per heavy atom. The van der Waals surface area contributed by atoms with Gasteiger partial charge in [-0.2, -0.15) is 13.2 Å². The number of likely N-dealkylation sites (tertiary alicyclic amines) is 1. The van der Waals surface area contributed by atoms with Crippen LogP contribution in [-0.4, -0.2) is 35.0 Å². The van der Waals surface area contributed by atoms with Gasteiger partial charge in [0.25, 0.3) is 0 Å². The van der Waals surface area contributed by atoms with Gasteiger partial charge in [0, 0.05) is 37.2 Å². The fourth-order valence-corrected chi connectivity index (χ4v) is 4.22. The van der Waals surface area contributed by atoms with Crippen molar-refractivity contribution in [3.8, 4) is 0 Å². The maximum atomic E-state index is 13.2. The average Bonchev–Trinajstić information content (AvgIpc) is 2.77. The summed E-state index contributed by atoms with van der Waals surface area (Å²) in [5, 5.41) is 9.42. The Kier molecular flexibility index (Phi) is 5.57. The number of hydrogen-bond acceptors (Lipinski definition) is 3. The number of halogens is 3. The van der Waals surface area contributed by atoms with Gasteiger partial charge in [0.05, 0.1) is 22.5 Å². The molecule has 0 spiro atoms. The van der Waals surface area contributed by atoms with Crippen LogP contribution in [0.1, 0.15) is 41.3 Å². The maximum Gasteiger partial charge on any atom is 0.416 e. The molecule has 8 heteroatoms. The number of alkyl halides is 3. The number of nitrogens with zero attached hydrogens (tertiary/aromatic N) is 2. The quantitative estimate of drug-likeness (QED) is 0.655. The Bertz CT molecular complexity index is 1140. The molecule has 1 N–H and O–H groups in total. The van der Waals surface area contributed by atoms with Crippen molar-refractivity contribution >= 4 is 29.3 Å². The van der Waals surface area contributed by atoms with Gasteiger partial charge >= 0.3 is 12.1 Å². The van der Waals surface area contributed by atoms with E-state index in [-0.39, 0.29) is 17.4 Å². The molecule has 2 aromatic rings. The van der Waals surface area contributed by atoms with Crippen molar-refractivity contribution in [3.63, 3.8) is 0 Å². The summed E-state index contributed by atoms with van der Waals surface area (Å²) in [6, 6.07) is 9.82. The van der Waals surface area contributed by atoms with Crippen LogP contribution in [0.15, 0.2) is 53.9 Å². The van der Waals surface area contributed by atoms with Gasteiger partial charge in [0.15, 0.2) is 0 Å². The summed E-state index contributed by atoms with van der Waals surface area (Å²) in [4.78, 5) is 26.7. The number of piperidine rings is 1. The molecule has 1 amide bonds. The zero-order chi connectivity index (χ0) is 23.0. The van der Waals surface area contributed by atoms with Crippen LogP contribution in [0.2, 0.25) is 0 Å².